The largest absolute Gasteiger partial charge is 0.375 e. The summed E-state index contributed by atoms with van der Waals surface area (Å²) < 4.78 is 70.8. The van der Waals surface area contributed by atoms with E-state index in [2.05, 4.69) is 15.9 Å². The first-order valence-electron chi connectivity index (χ1n) is 5.68. The van der Waals surface area contributed by atoms with Crippen molar-refractivity contribution < 1.29 is 26.3 Å². The molecule has 4 nitrogen and oxygen atoms in total. The number of ether oxygens (including phenoxy) is 1. The van der Waals surface area contributed by atoms with E-state index in [0.717, 1.165) is 4.31 Å². The number of alkyl halides is 1. The zero-order valence-electron chi connectivity index (χ0n) is 10.2. The van der Waals surface area contributed by atoms with Gasteiger partial charge in [-0.15, -0.1) is 0 Å². The first kappa shape index (κ1) is 15.7. The van der Waals surface area contributed by atoms with Gasteiger partial charge in [0.2, 0.25) is 10.0 Å². The van der Waals surface area contributed by atoms with Gasteiger partial charge in [0.25, 0.3) is 0 Å². The molecule has 1 aliphatic rings. The molecule has 1 aromatic carbocycles. The molecule has 0 bridgehead atoms. The van der Waals surface area contributed by atoms with E-state index in [0.29, 0.717) is 17.5 Å². The molecule has 112 valence electrons. The second kappa shape index (κ2) is 6.00. The van der Waals surface area contributed by atoms with Crippen molar-refractivity contribution in [3.05, 3.63) is 29.6 Å². The van der Waals surface area contributed by atoms with E-state index in [9.17, 15) is 21.6 Å². The molecule has 1 atom stereocenters. The molecule has 0 saturated carbocycles. The molecule has 0 radical (unpaired) electrons. The second-order valence-corrected chi connectivity index (χ2v) is 6.73. The average molecular weight is 374 g/mol. The van der Waals surface area contributed by atoms with Crippen LogP contribution in [0.2, 0.25) is 0 Å². The van der Waals surface area contributed by atoms with E-state index in [1.165, 1.54) is 0 Å². The summed E-state index contributed by atoms with van der Waals surface area (Å²) in [6, 6.07) is 0.691. The molecule has 0 aromatic heterocycles. The summed E-state index contributed by atoms with van der Waals surface area (Å²) in [6.07, 6.45) is -0.398. The fourth-order valence-corrected chi connectivity index (χ4v) is 3.85. The van der Waals surface area contributed by atoms with Gasteiger partial charge < -0.3 is 4.74 Å². The third-order valence-electron chi connectivity index (χ3n) is 2.83. The summed E-state index contributed by atoms with van der Waals surface area (Å²) in [7, 11) is -4.37. The molecule has 1 heterocycles. The van der Waals surface area contributed by atoms with Crippen LogP contribution < -0.4 is 0 Å². The Morgan fingerprint density at radius 3 is 2.45 bits per heavy atom. The van der Waals surface area contributed by atoms with Gasteiger partial charge in [-0.05, 0) is 0 Å². The minimum Gasteiger partial charge on any atom is -0.375 e. The Morgan fingerprint density at radius 1 is 1.30 bits per heavy atom. The number of benzene rings is 1. The normalized spacial score (nSPS) is 21.1. The van der Waals surface area contributed by atoms with Crippen molar-refractivity contribution in [1.29, 1.82) is 0 Å². The number of hydrogen-bond acceptors (Lipinski definition) is 3. The lowest BCUT2D eigenvalue weighted by molar-refractivity contribution is 0.0135. The van der Waals surface area contributed by atoms with Crippen molar-refractivity contribution in [2.45, 2.75) is 11.0 Å². The van der Waals surface area contributed by atoms with Crippen molar-refractivity contribution in [2.75, 3.05) is 25.0 Å². The molecule has 1 aromatic rings. The SMILES string of the molecule is O=S(=O)(c1c(F)cc(F)cc1F)N1CCOC(CBr)C1. The number of halogens is 4. The first-order valence-corrected chi connectivity index (χ1v) is 8.24. The van der Waals surface area contributed by atoms with Crippen LogP contribution in [0.5, 0.6) is 0 Å². The molecule has 2 rings (SSSR count). The quantitative estimate of drug-likeness (QED) is 0.760. The van der Waals surface area contributed by atoms with Crippen LogP contribution in [0.25, 0.3) is 0 Å². The van der Waals surface area contributed by atoms with Crippen molar-refractivity contribution in [3.8, 4) is 0 Å². The summed E-state index contributed by atoms with van der Waals surface area (Å²) in [5, 5.41) is 0.396. The summed E-state index contributed by atoms with van der Waals surface area (Å²) in [6.45, 7) is 0.0891. The van der Waals surface area contributed by atoms with Crippen LogP contribution in [0.15, 0.2) is 17.0 Å². The van der Waals surface area contributed by atoms with Gasteiger partial charge in [-0.1, -0.05) is 15.9 Å². The summed E-state index contributed by atoms with van der Waals surface area (Å²) >= 11 is 3.16. The molecular weight excluding hydrogens is 363 g/mol. The highest BCUT2D eigenvalue weighted by Crippen LogP contribution is 2.25. The molecule has 1 saturated heterocycles. The fraction of sp³-hybridized carbons (Fsp3) is 0.455. The Hall–Kier alpha value is -0.640. The van der Waals surface area contributed by atoms with E-state index in [1.807, 2.05) is 0 Å². The lowest BCUT2D eigenvalue weighted by Gasteiger charge is -2.31. The molecule has 1 unspecified atom stereocenters. The molecular formula is C11H11BrF3NO3S. The second-order valence-electron chi connectivity index (χ2n) is 4.21. The van der Waals surface area contributed by atoms with Crippen LogP contribution in [0, 0.1) is 17.5 Å². The third-order valence-corrected chi connectivity index (χ3v) is 5.47. The summed E-state index contributed by atoms with van der Waals surface area (Å²) in [5.74, 6) is -4.05. The molecule has 9 heteroatoms. The minimum absolute atomic E-state index is 0.0118. The Balaban J connectivity index is 2.40. The molecule has 20 heavy (non-hydrogen) atoms. The van der Waals surface area contributed by atoms with Gasteiger partial charge in [-0.2, -0.15) is 4.31 Å². The van der Waals surface area contributed by atoms with Crippen LogP contribution in [0.4, 0.5) is 13.2 Å². The van der Waals surface area contributed by atoms with Gasteiger partial charge in [-0.25, -0.2) is 21.6 Å². The smallest absolute Gasteiger partial charge is 0.249 e. The predicted octanol–water partition coefficient (Wildman–Crippen LogP) is 1.89. The number of hydrogen-bond donors (Lipinski definition) is 0. The maximum Gasteiger partial charge on any atom is 0.249 e. The van der Waals surface area contributed by atoms with Crippen molar-refractivity contribution in [3.63, 3.8) is 0 Å². The lowest BCUT2D eigenvalue weighted by Crippen LogP contribution is -2.46. The standard InChI is InChI=1S/C11H11BrF3NO3S/c12-5-8-6-16(1-2-19-8)20(17,18)11-9(14)3-7(13)4-10(11)15/h3-4,8H,1-2,5-6H2. The average Bonchev–Trinajstić information content (AvgIpc) is 2.37. The highest BCUT2D eigenvalue weighted by atomic mass is 79.9. The van der Waals surface area contributed by atoms with Crippen LogP contribution in [-0.4, -0.2) is 43.9 Å². The van der Waals surface area contributed by atoms with E-state index >= 15 is 0 Å². The van der Waals surface area contributed by atoms with Crippen molar-refractivity contribution in [2.24, 2.45) is 0 Å². The Kier molecular flexibility index (Phi) is 4.73. The molecule has 1 aliphatic heterocycles. The van der Waals surface area contributed by atoms with Gasteiger partial charge >= 0.3 is 0 Å². The first-order chi connectivity index (χ1) is 9.36. The highest BCUT2D eigenvalue weighted by molar-refractivity contribution is 9.09. The predicted molar refractivity (Wildman–Crippen MR) is 68.6 cm³/mol. The summed E-state index contributed by atoms with van der Waals surface area (Å²) in [5.41, 5.74) is 0. The van der Waals surface area contributed by atoms with E-state index in [4.69, 9.17) is 4.74 Å². The maximum absolute atomic E-state index is 13.6. The van der Waals surface area contributed by atoms with Gasteiger partial charge in [-0.3, -0.25) is 0 Å². The van der Waals surface area contributed by atoms with E-state index in [-0.39, 0.29) is 19.7 Å². The Labute approximate surface area is 122 Å². The van der Waals surface area contributed by atoms with Gasteiger partial charge in [0.1, 0.15) is 17.5 Å². The van der Waals surface area contributed by atoms with Gasteiger partial charge in [0.05, 0.1) is 12.7 Å². The third kappa shape index (κ3) is 3.00. The van der Waals surface area contributed by atoms with E-state index in [1.54, 1.807) is 0 Å². The van der Waals surface area contributed by atoms with Crippen LogP contribution >= 0.6 is 15.9 Å². The molecule has 0 N–H and O–H groups in total. The number of sulfonamides is 1. The molecule has 0 aliphatic carbocycles. The van der Waals surface area contributed by atoms with Crippen LogP contribution in [-0.2, 0) is 14.8 Å². The zero-order valence-corrected chi connectivity index (χ0v) is 12.6. The summed E-state index contributed by atoms with van der Waals surface area (Å²) in [4.78, 5) is -1.13. The highest BCUT2D eigenvalue weighted by Gasteiger charge is 2.34. The molecule has 0 amide bonds. The minimum atomic E-state index is -4.37. The molecule has 0 spiro atoms. The van der Waals surface area contributed by atoms with Crippen LogP contribution in [0.1, 0.15) is 0 Å². The van der Waals surface area contributed by atoms with Gasteiger partial charge in [0, 0.05) is 30.6 Å². The van der Waals surface area contributed by atoms with Crippen molar-refractivity contribution in [1.82, 2.24) is 4.31 Å². The van der Waals surface area contributed by atoms with E-state index < -0.39 is 38.5 Å². The fourth-order valence-electron chi connectivity index (χ4n) is 1.91. The topological polar surface area (TPSA) is 46.6 Å². The van der Waals surface area contributed by atoms with Crippen molar-refractivity contribution >= 4 is 26.0 Å². The zero-order chi connectivity index (χ0) is 14.9. The molecule has 1 fully saturated rings. The number of nitrogens with zero attached hydrogens (tertiary/aromatic N) is 1. The van der Waals surface area contributed by atoms with Crippen LogP contribution in [0.3, 0.4) is 0 Å². The monoisotopic (exact) mass is 373 g/mol. The lowest BCUT2D eigenvalue weighted by atomic mass is 10.3. The maximum atomic E-state index is 13.6. The Morgan fingerprint density at radius 2 is 1.90 bits per heavy atom. The number of rotatable bonds is 3. The number of morpholine rings is 1. The van der Waals surface area contributed by atoms with Gasteiger partial charge in [0.15, 0.2) is 4.90 Å². The Bertz CT molecular complexity index is 588.